The van der Waals surface area contributed by atoms with E-state index < -0.39 is 5.54 Å². The lowest BCUT2D eigenvalue weighted by Gasteiger charge is -2.38. The van der Waals surface area contributed by atoms with Crippen LogP contribution in [-0.2, 0) is 14.3 Å². The molecule has 0 aliphatic carbocycles. The number of hydrogen-bond donors (Lipinski definition) is 1. The van der Waals surface area contributed by atoms with Crippen LogP contribution in [-0.4, -0.2) is 62.4 Å². The Hall–Kier alpha value is -0.650. The van der Waals surface area contributed by atoms with E-state index in [0.717, 1.165) is 45.5 Å². The number of carbonyl (C=O) groups is 1. The van der Waals surface area contributed by atoms with Crippen molar-refractivity contribution in [3.05, 3.63) is 0 Å². The SMILES string of the molecule is CNC(C)(CCCCN1CCOC(C)(C)C1)C(=O)OC. The summed E-state index contributed by atoms with van der Waals surface area (Å²) in [6, 6.07) is 0. The Morgan fingerprint density at radius 2 is 2.15 bits per heavy atom. The minimum Gasteiger partial charge on any atom is -0.468 e. The number of morpholine rings is 1. The third-order valence-electron chi connectivity index (χ3n) is 4.09. The van der Waals surface area contributed by atoms with Crippen LogP contribution < -0.4 is 5.32 Å². The van der Waals surface area contributed by atoms with Crippen molar-refractivity contribution in [2.75, 3.05) is 40.4 Å². The molecule has 0 aromatic carbocycles. The van der Waals surface area contributed by atoms with E-state index in [9.17, 15) is 4.79 Å². The average molecular weight is 286 g/mol. The van der Waals surface area contributed by atoms with E-state index in [1.807, 2.05) is 6.92 Å². The maximum absolute atomic E-state index is 11.7. The molecule has 118 valence electrons. The Labute approximate surface area is 123 Å². The fourth-order valence-electron chi connectivity index (χ4n) is 2.67. The standard InChI is InChI=1S/C15H30N2O3/c1-14(2)12-17(10-11-20-14)9-7-6-8-15(3,16-4)13(18)19-5/h16H,6-12H2,1-5H3. The van der Waals surface area contributed by atoms with Gasteiger partial charge in [-0.3, -0.25) is 9.69 Å². The number of esters is 1. The summed E-state index contributed by atoms with van der Waals surface area (Å²) in [6.07, 6.45) is 2.89. The number of nitrogens with zero attached hydrogens (tertiary/aromatic N) is 1. The summed E-state index contributed by atoms with van der Waals surface area (Å²) < 4.78 is 10.6. The lowest BCUT2D eigenvalue weighted by Crippen LogP contribution is -2.49. The zero-order valence-electron chi connectivity index (χ0n) is 13.6. The van der Waals surface area contributed by atoms with E-state index in [1.54, 1.807) is 7.05 Å². The van der Waals surface area contributed by atoms with Gasteiger partial charge < -0.3 is 14.8 Å². The first-order valence-corrected chi connectivity index (χ1v) is 7.47. The van der Waals surface area contributed by atoms with Gasteiger partial charge in [0.25, 0.3) is 0 Å². The normalized spacial score (nSPS) is 22.2. The zero-order valence-corrected chi connectivity index (χ0v) is 13.6. The van der Waals surface area contributed by atoms with Crippen molar-refractivity contribution in [3.8, 4) is 0 Å². The van der Waals surface area contributed by atoms with E-state index in [2.05, 4.69) is 24.1 Å². The summed E-state index contributed by atoms with van der Waals surface area (Å²) >= 11 is 0. The molecule has 1 aliphatic rings. The van der Waals surface area contributed by atoms with Crippen molar-refractivity contribution in [1.29, 1.82) is 0 Å². The summed E-state index contributed by atoms with van der Waals surface area (Å²) in [6.45, 7) is 10.0. The number of nitrogens with one attached hydrogen (secondary N) is 1. The van der Waals surface area contributed by atoms with Gasteiger partial charge in [0.15, 0.2) is 0 Å². The molecule has 0 aromatic rings. The van der Waals surface area contributed by atoms with E-state index >= 15 is 0 Å². The minimum atomic E-state index is -0.570. The minimum absolute atomic E-state index is 0.0379. The first-order chi connectivity index (χ1) is 9.33. The van der Waals surface area contributed by atoms with Gasteiger partial charge in [-0.2, -0.15) is 0 Å². The van der Waals surface area contributed by atoms with Crippen LogP contribution in [0.1, 0.15) is 40.0 Å². The molecule has 1 aliphatic heterocycles. The number of hydrogen-bond acceptors (Lipinski definition) is 5. The largest absolute Gasteiger partial charge is 0.468 e. The number of ether oxygens (including phenoxy) is 2. The van der Waals surface area contributed by atoms with Crippen molar-refractivity contribution in [3.63, 3.8) is 0 Å². The maximum atomic E-state index is 11.7. The van der Waals surface area contributed by atoms with Gasteiger partial charge in [0, 0.05) is 13.1 Å². The molecule has 1 rings (SSSR count). The smallest absolute Gasteiger partial charge is 0.325 e. The van der Waals surface area contributed by atoms with Crippen LogP contribution in [0.25, 0.3) is 0 Å². The Balaban J connectivity index is 2.29. The van der Waals surface area contributed by atoms with Gasteiger partial charge >= 0.3 is 5.97 Å². The van der Waals surface area contributed by atoms with E-state index in [1.165, 1.54) is 7.11 Å². The van der Waals surface area contributed by atoms with Gasteiger partial charge in [-0.15, -0.1) is 0 Å². The van der Waals surface area contributed by atoms with Gasteiger partial charge in [0.2, 0.25) is 0 Å². The van der Waals surface area contributed by atoms with Gasteiger partial charge in [0.1, 0.15) is 5.54 Å². The van der Waals surface area contributed by atoms with Crippen LogP contribution in [0, 0.1) is 0 Å². The molecule has 1 unspecified atom stereocenters. The Morgan fingerprint density at radius 3 is 2.70 bits per heavy atom. The highest BCUT2D eigenvalue weighted by Crippen LogP contribution is 2.19. The molecule has 0 aromatic heterocycles. The first kappa shape index (κ1) is 17.4. The molecule has 1 heterocycles. The molecule has 1 N–H and O–H groups in total. The Kier molecular flexibility index (Phi) is 6.43. The Morgan fingerprint density at radius 1 is 1.45 bits per heavy atom. The predicted molar refractivity (Wildman–Crippen MR) is 79.8 cm³/mol. The lowest BCUT2D eigenvalue weighted by molar-refractivity contribution is -0.148. The van der Waals surface area contributed by atoms with E-state index in [-0.39, 0.29) is 11.6 Å². The highest BCUT2D eigenvalue weighted by molar-refractivity contribution is 5.80. The molecule has 20 heavy (non-hydrogen) atoms. The molecule has 0 bridgehead atoms. The fourth-order valence-corrected chi connectivity index (χ4v) is 2.67. The molecule has 0 saturated carbocycles. The van der Waals surface area contributed by atoms with Crippen LogP contribution in [0.2, 0.25) is 0 Å². The van der Waals surface area contributed by atoms with Crippen LogP contribution >= 0.6 is 0 Å². The quantitative estimate of drug-likeness (QED) is 0.566. The molecule has 5 heteroatoms. The molecular formula is C15H30N2O3. The monoisotopic (exact) mass is 286 g/mol. The van der Waals surface area contributed by atoms with Crippen molar-refractivity contribution in [2.24, 2.45) is 0 Å². The molecule has 1 fully saturated rings. The molecule has 5 nitrogen and oxygen atoms in total. The maximum Gasteiger partial charge on any atom is 0.325 e. The zero-order chi connectivity index (χ0) is 15.2. The van der Waals surface area contributed by atoms with Gasteiger partial charge in [-0.1, -0.05) is 0 Å². The molecular weight excluding hydrogens is 256 g/mol. The van der Waals surface area contributed by atoms with Crippen LogP contribution in [0.5, 0.6) is 0 Å². The molecule has 0 radical (unpaired) electrons. The second-order valence-electron chi connectivity index (χ2n) is 6.42. The number of rotatable bonds is 7. The van der Waals surface area contributed by atoms with Crippen molar-refractivity contribution < 1.29 is 14.3 Å². The van der Waals surface area contributed by atoms with E-state index in [0.29, 0.717) is 0 Å². The Bertz CT molecular complexity index is 320. The third-order valence-corrected chi connectivity index (χ3v) is 4.09. The van der Waals surface area contributed by atoms with Crippen molar-refractivity contribution in [2.45, 2.75) is 51.2 Å². The first-order valence-electron chi connectivity index (χ1n) is 7.47. The summed E-state index contributed by atoms with van der Waals surface area (Å²) in [4.78, 5) is 14.2. The second-order valence-corrected chi connectivity index (χ2v) is 6.42. The second kappa shape index (κ2) is 7.38. The highest BCUT2D eigenvalue weighted by atomic mass is 16.5. The third kappa shape index (κ3) is 5.04. The van der Waals surface area contributed by atoms with Gasteiger partial charge in [-0.25, -0.2) is 0 Å². The molecule has 0 spiro atoms. The van der Waals surface area contributed by atoms with Crippen LogP contribution in [0.15, 0.2) is 0 Å². The molecule has 1 saturated heterocycles. The molecule has 1 atom stereocenters. The molecule has 0 amide bonds. The number of likely N-dealkylation sites (N-methyl/N-ethyl adjacent to an activating group) is 1. The number of unbranched alkanes of at least 4 members (excludes halogenated alkanes) is 1. The number of carbonyl (C=O) groups excluding carboxylic acids is 1. The van der Waals surface area contributed by atoms with Gasteiger partial charge in [0.05, 0.1) is 19.3 Å². The van der Waals surface area contributed by atoms with Crippen LogP contribution in [0.3, 0.4) is 0 Å². The van der Waals surface area contributed by atoms with E-state index in [4.69, 9.17) is 9.47 Å². The van der Waals surface area contributed by atoms with Crippen LogP contribution in [0.4, 0.5) is 0 Å². The predicted octanol–water partition coefficient (Wildman–Crippen LogP) is 1.42. The summed E-state index contributed by atoms with van der Waals surface area (Å²) in [5.41, 5.74) is -0.608. The average Bonchev–Trinajstić information content (AvgIpc) is 2.41. The summed E-state index contributed by atoms with van der Waals surface area (Å²) in [5, 5.41) is 3.07. The summed E-state index contributed by atoms with van der Waals surface area (Å²) in [5.74, 6) is -0.187. The fraction of sp³-hybridized carbons (Fsp3) is 0.933. The summed E-state index contributed by atoms with van der Waals surface area (Å²) in [7, 11) is 3.25. The van der Waals surface area contributed by atoms with Crippen molar-refractivity contribution >= 4 is 5.97 Å². The van der Waals surface area contributed by atoms with Gasteiger partial charge in [-0.05, 0) is 53.6 Å². The lowest BCUT2D eigenvalue weighted by atomic mass is 9.95. The van der Waals surface area contributed by atoms with Crippen molar-refractivity contribution in [1.82, 2.24) is 10.2 Å². The number of methoxy groups -OCH3 is 1. The highest BCUT2D eigenvalue weighted by Gasteiger charge is 2.32. The topological polar surface area (TPSA) is 50.8 Å².